The summed E-state index contributed by atoms with van der Waals surface area (Å²) in [5.41, 5.74) is 0. The molecule has 292 valence electrons. The van der Waals surface area contributed by atoms with Crippen molar-refractivity contribution in [3.05, 3.63) is 0 Å². The van der Waals surface area contributed by atoms with Crippen molar-refractivity contribution in [2.75, 3.05) is 46.1 Å². The molecular weight excluding hydrogens is 614 g/mol. The minimum absolute atomic E-state index is 0.0541. The standard InChI is InChI=1S/C42H83NO6/c1-5-9-12-15-17-18-19-20-22-28-35-47-38-40(49-41(45)8-4)36-43(33-34-44)32-27-23-26-31-42(46)48-37-39(29-24-14-11-7-3)30-25-21-16-13-10-6-2/h39-40,44H,5-38H2,1-4H3. The van der Waals surface area contributed by atoms with Gasteiger partial charge in [0, 0.05) is 32.5 Å². The van der Waals surface area contributed by atoms with E-state index in [2.05, 4.69) is 25.7 Å². The number of hydrogen-bond acceptors (Lipinski definition) is 7. The first-order valence-corrected chi connectivity index (χ1v) is 21.3. The first-order valence-electron chi connectivity index (χ1n) is 21.3. The molecule has 0 rings (SSSR count). The number of rotatable bonds is 39. The van der Waals surface area contributed by atoms with E-state index in [0.29, 0.717) is 51.7 Å². The molecule has 1 N–H and O–H groups in total. The summed E-state index contributed by atoms with van der Waals surface area (Å²) >= 11 is 0. The second-order valence-corrected chi connectivity index (χ2v) is 14.5. The highest BCUT2D eigenvalue weighted by molar-refractivity contribution is 5.69. The van der Waals surface area contributed by atoms with E-state index in [0.717, 1.165) is 32.2 Å². The van der Waals surface area contributed by atoms with Gasteiger partial charge in [0.1, 0.15) is 6.10 Å². The molecule has 0 aliphatic carbocycles. The quantitative estimate of drug-likeness (QED) is 0.0505. The monoisotopic (exact) mass is 698 g/mol. The van der Waals surface area contributed by atoms with Crippen LogP contribution >= 0.6 is 0 Å². The third-order valence-electron chi connectivity index (χ3n) is 9.68. The van der Waals surface area contributed by atoms with Crippen LogP contribution in [0.1, 0.15) is 201 Å². The van der Waals surface area contributed by atoms with Crippen molar-refractivity contribution >= 4 is 11.9 Å². The number of nitrogens with zero attached hydrogens (tertiary/aromatic N) is 1. The second-order valence-electron chi connectivity index (χ2n) is 14.5. The highest BCUT2D eigenvalue weighted by Crippen LogP contribution is 2.20. The van der Waals surface area contributed by atoms with E-state index >= 15 is 0 Å². The SMILES string of the molecule is CCCCCCCCCCCCOCC(CN(CCO)CCCCCC(=O)OCC(CCCCCC)CCCCCCCC)OC(=O)CC. The molecule has 0 aliphatic heterocycles. The molecule has 0 bridgehead atoms. The normalized spacial score (nSPS) is 12.8. The van der Waals surface area contributed by atoms with Gasteiger partial charge in [-0.15, -0.1) is 0 Å². The van der Waals surface area contributed by atoms with Gasteiger partial charge in [0.2, 0.25) is 0 Å². The zero-order valence-corrected chi connectivity index (χ0v) is 33.1. The molecule has 2 unspecified atom stereocenters. The second kappa shape index (κ2) is 38.1. The van der Waals surface area contributed by atoms with Gasteiger partial charge in [-0.25, -0.2) is 0 Å². The molecule has 0 aromatic rings. The predicted octanol–water partition coefficient (Wildman–Crippen LogP) is 11.0. The van der Waals surface area contributed by atoms with Crippen LogP contribution in [0.25, 0.3) is 0 Å². The first-order chi connectivity index (χ1) is 24.0. The van der Waals surface area contributed by atoms with Crippen LogP contribution in [0.15, 0.2) is 0 Å². The third-order valence-corrected chi connectivity index (χ3v) is 9.68. The Labute approximate surface area is 304 Å². The molecule has 0 radical (unpaired) electrons. The van der Waals surface area contributed by atoms with Gasteiger partial charge in [-0.05, 0) is 44.6 Å². The van der Waals surface area contributed by atoms with Crippen molar-refractivity contribution in [2.45, 2.75) is 207 Å². The van der Waals surface area contributed by atoms with Gasteiger partial charge < -0.3 is 19.3 Å². The zero-order chi connectivity index (χ0) is 36.0. The van der Waals surface area contributed by atoms with Crippen molar-refractivity contribution in [1.82, 2.24) is 4.90 Å². The molecule has 0 saturated carbocycles. The highest BCUT2D eigenvalue weighted by Gasteiger charge is 2.18. The van der Waals surface area contributed by atoms with Gasteiger partial charge in [0.05, 0.1) is 19.8 Å². The van der Waals surface area contributed by atoms with E-state index in [1.807, 2.05) is 6.92 Å². The van der Waals surface area contributed by atoms with Crippen LogP contribution in [0, 0.1) is 5.92 Å². The average molecular weight is 698 g/mol. The van der Waals surface area contributed by atoms with Crippen LogP contribution in [-0.2, 0) is 23.8 Å². The van der Waals surface area contributed by atoms with Gasteiger partial charge in [0.25, 0.3) is 0 Å². The summed E-state index contributed by atoms with van der Waals surface area (Å²) in [6.07, 6.45) is 31.2. The maximum Gasteiger partial charge on any atom is 0.305 e. The molecular formula is C42H83NO6. The molecule has 0 saturated heterocycles. The van der Waals surface area contributed by atoms with E-state index in [9.17, 15) is 14.7 Å². The lowest BCUT2D eigenvalue weighted by Gasteiger charge is -2.27. The lowest BCUT2D eigenvalue weighted by atomic mass is 9.95. The smallest absolute Gasteiger partial charge is 0.305 e. The highest BCUT2D eigenvalue weighted by atomic mass is 16.6. The lowest BCUT2D eigenvalue weighted by Crippen LogP contribution is -2.39. The topological polar surface area (TPSA) is 85.3 Å². The Morgan fingerprint density at radius 2 is 1.08 bits per heavy atom. The zero-order valence-electron chi connectivity index (χ0n) is 33.1. The van der Waals surface area contributed by atoms with Gasteiger partial charge in [-0.2, -0.15) is 0 Å². The van der Waals surface area contributed by atoms with Gasteiger partial charge in [-0.1, -0.05) is 156 Å². The minimum Gasteiger partial charge on any atom is -0.465 e. The average Bonchev–Trinajstić information content (AvgIpc) is 3.10. The number of hydrogen-bond donors (Lipinski definition) is 1. The molecule has 0 aromatic heterocycles. The number of ether oxygens (including phenoxy) is 3. The molecule has 7 heteroatoms. The van der Waals surface area contributed by atoms with Crippen molar-refractivity contribution in [2.24, 2.45) is 5.92 Å². The number of carbonyl (C=O) groups is 2. The fourth-order valence-corrected chi connectivity index (χ4v) is 6.47. The molecule has 0 aliphatic rings. The van der Waals surface area contributed by atoms with Crippen molar-refractivity contribution in [3.63, 3.8) is 0 Å². The van der Waals surface area contributed by atoms with Crippen LogP contribution in [0.5, 0.6) is 0 Å². The number of esters is 2. The molecule has 0 spiro atoms. The van der Waals surface area contributed by atoms with Crippen LogP contribution in [0.4, 0.5) is 0 Å². The molecule has 2 atom stereocenters. The third kappa shape index (κ3) is 33.7. The molecule has 0 amide bonds. The summed E-state index contributed by atoms with van der Waals surface area (Å²) in [6, 6.07) is 0. The summed E-state index contributed by atoms with van der Waals surface area (Å²) in [7, 11) is 0. The van der Waals surface area contributed by atoms with Crippen molar-refractivity contribution < 1.29 is 28.9 Å². The van der Waals surface area contributed by atoms with Crippen LogP contribution < -0.4 is 0 Å². The van der Waals surface area contributed by atoms with Crippen LogP contribution in [-0.4, -0.2) is 74.1 Å². The Morgan fingerprint density at radius 1 is 0.571 bits per heavy atom. The summed E-state index contributed by atoms with van der Waals surface area (Å²) in [6.45, 7) is 12.1. The van der Waals surface area contributed by atoms with E-state index in [-0.39, 0.29) is 24.6 Å². The largest absolute Gasteiger partial charge is 0.465 e. The van der Waals surface area contributed by atoms with Crippen molar-refractivity contribution in [1.29, 1.82) is 0 Å². The fourth-order valence-electron chi connectivity index (χ4n) is 6.47. The summed E-state index contributed by atoms with van der Waals surface area (Å²) in [4.78, 5) is 26.9. The Hall–Kier alpha value is -1.18. The number of carbonyl (C=O) groups excluding carboxylic acids is 2. The van der Waals surface area contributed by atoms with Crippen LogP contribution in [0.2, 0.25) is 0 Å². The van der Waals surface area contributed by atoms with E-state index in [1.54, 1.807) is 0 Å². The van der Waals surface area contributed by atoms with E-state index in [1.165, 1.54) is 135 Å². The van der Waals surface area contributed by atoms with E-state index < -0.39 is 0 Å². The summed E-state index contributed by atoms with van der Waals surface area (Å²) in [5, 5.41) is 9.69. The molecule has 49 heavy (non-hydrogen) atoms. The number of unbranched alkanes of at least 4 members (excludes halogenated alkanes) is 19. The lowest BCUT2D eigenvalue weighted by molar-refractivity contribution is -0.153. The van der Waals surface area contributed by atoms with E-state index in [4.69, 9.17) is 14.2 Å². The maximum atomic E-state index is 12.6. The van der Waals surface area contributed by atoms with Crippen LogP contribution in [0.3, 0.4) is 0 Å². The minimum atomic E-state index is -0.344. The Bertz CT molecular complexity index is 705. The van der Waals surface area contributed by atoms with Gasteiger partial charge in [-0.3, -0.25) is 14.5 Å². The Balaban J connectivity index is 4.39. The van der Waals surface area contributed by atoms with Gasteiger partial charge >= 0.3 is 11.9 Å². The Kier molecular flexibility index (Phi) is 37.1. The Morgan fingerprint density at radius 3 is 1.63 bits per heavy atom. The predicted molar refractivity (Wildman–Crippen MR) is 206 cm³/mol. The molecule has 7 nitrogen and oxygen atoms in total. The molecule has 0 heterocycles. The summed E-state index contributed by atoms with van der Waals surface area (Å²) in [5.74, 6) is 0.206. The maximum absolute atomic E-state index is 12.6. The molecule has 0 fully saturated rings. The molecule has 0 aromatic carbocycles. The number of aliphatic hydroxyl groups is 1. The first kappa shape index (κ1) is 47.8. The fraction of sp³-hybridized carbons (Fsp3) is 0.952. The summed E-state index contributed by atoms with van der Waals surface area (Å²) < 4.78 is 17.4. The van der Waals surface area contributed by atoms with Crippen molar-refractivity contribution in [3.8, 4) is 0 Å². The number of aliphatic hydroxyl groups excluding tert-OH is 1. The van der Waals surface area contributed by atoms with Gasteiger partial charge in [0.15, 0.2) is 0 Å².